The van der Waals surface area contributed by atoms with Crippen molar-refractivity contribution in [2.24, 2.45) is 0 Å². The summed E-state index contributed by atoms with van der Waals surface area (Å²) in [7, 11) is 0. The maximum atomic E-state index is 10.4. The molecule has 106 valence electrons. The van der Waals surface area contributed by atoms with E-state index in [2.05, 4.69) is 26.0 Å². The van der Waals surface area contributed by atoms with Gasteiger partial charge in [-0.2, -0.15) is 0 Å². The number of aliphatic hydroxyl groups excluding tert-OH is 1. The van der Waals surface area contributed by atoms with Crippen LogP contribution in [-0.2, 0) is 6.42 Å². The molecule has 0 amide bonds. The summed E-state index contributed by atoms with van der Waals surface area (Å²) in [5, 5.41) is 10.4. The Hall–Kier alpha value is -1.80. The zero-order valence-corrected chi connectivity index (χ0v) is 12.2. The molecular weight excluding hydrogens is 248 g/mol. The van der Waals surface area contributed by atoms with Gasteiger partial charge < -0.3 is 9.84 Å². The van der Waals surface area contributed by atoms with Crippen molar-refractivity contribution in [1.29, 1.82) is 0 Å². The molecule has 0 heterocycles. The average molecular weight is 270 g/mol. The van der Waals surface area contributed by atoms with Crippen molar-refractivity contribution in [3.8, 4) is 5.75 Å². The van der Waals surface area contributed by atoms with E-state index in [1.165, 1.54) is 5.56 Å². The van der Waals surface area contributed by atoms with Crippen molar-refractivity contribution in [1.82, 2.24) is 0 Å². The highest BCUT2D eigenvalue weighted by Gasteiger charge is 2.09. The first kappa shape index (κ1) is 14.6. The van der Waals surface area contributed by atoms with Gasteiger partial charge in [-0.25, -0.2) is 0 Å². The maximum absolute atomic E-state index is 10.4. The lowest BCUT2D eigenvalue weighted by molar-refractivity contribution is 0.178. The van der Waals surface area contributed by atoms with E-state index < -0.39 is 6.10 Å². The molecular formula is C18H22O2. The van der Waals surface area contributed by atoms with Crippen LogP contribution in [0.2, 0.25) is 0 Å². The van der Waals surface area contributed by atoms with E-state index in [0.717, 1.165) is 23.3 Å². The number of hydrogen-bond donors (Lipinski definition) is 1. The lowest BCUT2D eigenvalue weighted by Crippen LogP contribution is -2.03. The van der Waals surface area contributed by atoms with Crippen molar-refractivity contribution in [2.45, 2.75) is 32.8 Å². The Morgan fingerprint density at radius 1 is 1.10 bits per heavy atom. The lowest BCUT2D eigenvalue weighted by atomic mass is 10.00. The molecule has 2 aromatic rings. The Morgan fingerprint density at radius 3 is 2.65 bits per heavy atom. The third-order valence-corrected chi connectivity index (χ3v) is 3.23. The molecule has 2 rings (SSSR count). The molecule has 1 unspecified atom stereocenters. The molecule has 0 radical (unpaired) electrons. The Kier molecular flexibility index (Phi) is 5.19. The summed E-state index contributed by atoms with van der Waals surface area (Å²) in [5.41, 5.74) is 3.27. The normalized spacial score (nSPS) is 12.2. The van der Waals surface area contributed by atoms with Crippen molar-refractivity contribution in [2.75, 3.05) is 6.61 Å². The Labute approximate surface area is 121 Å². The summed E-state index contributed by atoms with van der Waals surface area (Å²) in [6, 6.07) is 16.0. The predicted octanol–water partition coefficient (Wildman–Crippen LogP) is 4.06. The van der Waals surface area contributed by atoms with E-state index in [1.807, 2.05) is 36.4 Å². The van der Waals surface area contributed by atoms with Gasteiger partial charge in [-0.1, -0.05) is 48.9 Å². The summed E-state index contributed by atoms with van der Waals surface area (Å²) in [6.07, 6.45) is 1.11. The SMILES string of the molecule is CCCOc1cccc(C(O)Cc2cccc(C)c2)c1. The Balaban J connectivity index is 2.06. The van der Waals surface area contributed by atoms with E-state index in [9.17, 15) is 5.11 Å². The molecule has 0 fully saturated rings. The second kappa shape index (κ2) is 7.11. The fourth-order valence-electron chi connectivity index (χ4n) is 2.21. The van der Waals surface area contributed by atoms with Gasteiger partial charge in [0, 0.05) is 6.42 Å². The highest BCUT2D eigenvalue weighted by atomic mass is 16.5. The number of benzene rings is 2. The highest BCUT2D eigenvalue weighted by Crippen LogP contribution is 2.23. The molecule has 2 heteroatoms. The first-order valence-electron chi connectivity index (χ1n) is 7.15. The van der Waals surface area contributed by atoms with Gasteiger partial charge in [0.15, 0.2) is 0 Å². The van der Waals surface area contributed by atoms with Crippen LogP contribution in [0.5, 0.6) is 5.75 Å². The second-order valence-electron chi connectivity index (χ2n) is 5.13. The molecule has 1 atom stereocenters. The van der Waals surface area contributed by atoms with Gasteiger partial charge in [-0.3, -0.25) is 0 Å². The molecule has 0 saturated carbocycles. The van der Waals surface area contributed by atoms with Crippen LogP contribution in [0.3, 0.4) is 0 Å². The first-order chi connectivity index (χ1) is 9.69. The summed E-state index contributed by atoms with van der Waals surface area (Å²) < 4.78 is 5.60. The van der Waals surface area contributed by atoms with Crippen molar-refractivity contribution >= 4 is 0 Å². The third-order valence-electron chi connectivity index (χ3n) is 3.23. The van der Waals surface area contributed by atoms with E-state index in [0.29, 0.717) is 13.0 Å². The molecule has 0 bridgehead atoms. The molecule has 0 aromatic heterocycles. The average Bonchev–Trinajstić information content (AvgIpc) is 2.45. The first-order valence-corrected chi connectivity index (χ1v) is 7.15. The third kappa shape index (κ3) is 4.10. The fourth-order valence-corrected chi connectivity index (χ4v) is 2.21. The summed E-state index contributed by atoms with van der Waals surface area (Å²) >= 11 is 0. The smallest absolute Gasteiger partial charge is 0.119 e. The van der Waals surface area contributed by atoms with Crippen LogP contribution in [0.25, 0.3) is 0 Å². The largest absolute Gasteiger partial charge is 0.494 e. The Bertz CT molecular complexity index is 549. The van der Waals surface area contributed by atoms with Gasteiger partial charge >= 0.3 is 0 Å². The van der Waals surface area contributed by atoms with Crippen LogP contribution in [0.4, 0.5) is 0 Å². The van der Waals surface area contributed by atoms with E-state index in [4.69, 9.17) is 4.74 Å². The molecule has 0 aliphatic heterocycles. The molecule has 20 heavy (non-hydrogen) atoms. The van der Waals surface area contributed by atoms with Crippen molar-refractivity contribution in [3.63, 3.8) is 0 Å². The zero-order valence-electron chi connectivity index (χ0n) is 12.2. The van der Waals surface area contributed by atoms with E-state index in [-0.39, 0.29) is 0 Å². The minimum Gasteiger partial charge on any atom is -0.494 e. The van der Waals surface area contributed by atoms with Crippen LogP contribution in [0.15, 0.2) is 48.5 Å². The van der Waals surface area contributed by atoms with Gasteiger partial charge in [-0.15, -0.1) is 0 Å². The maximum Gasteiger partial charge on any atom is 0.119 e. The van der Waals surface area contributed by atoms with Gasteiger partial charge in [0.1, 0.15) is 5.75 Å². The van der Waals surface area contributed by atoms with Gasteiger partial charge in [0.25, 0.3) is 0 Å². The van der Waals surface area contributed by atoms with Crippen molar-refractivity contribution in [3.05, 3.63) is 65.2 Å². The highest BCUT2D eigenvalue weighted by molar-refractivity contribution is 5.31. The van der Waals surface area contributed by atoms with Gasteiger partial charge in [0.05, 0.1) is 12.7 Å². The minimum atomic E-state index is -0.498. The fraction of sp³-hybridized carbons (Fsp3) is 0.333. The lowest BCUT2D eigenvalue weighted by Gasteiger charge is -2.13. The van der Waals surface area contributed by atoms with Crippen LogP contribution >= 0.6 is 0 Å². The number of aliphatic hydroxyl groups is 1. The van der Waals surface area contributed by atoms with Gasteiger partial charge in [-0.05, 0) is 36.6 Å². The summed E-state index contributed by atoms with van der Waals surface area (Å²) in [4.78, 5) is 0. The molecule has 0 spiro atoms. The van der Waals surface area contributed by atoms with Crippen LogP contribution < -0.4 is 4.74 Å². The van der Waals surface area contributed by atoms with Crippen LogP contribution in [-0.4, -0.2) is 11.7 Å². The topological polar surface area (TPSA) is 29.5 Å². The van der Waals surface area contributed by atoms with Crippen molar-refractivity contribution < 1.29 is 9.84 Å². The minimum absolute atomic E-state index is 0.498. The number of hydrogen-bond acceptors (Lipinski definition) is 2. The molecule has 0 saturated heterocycles. The molecule has 2 nitrogen and oxygen atoms in total. The van der Waals surface area contributed by atoms with E-state index in [1.54, 1.807) is 0 Å². The predicted molar refractivity (Wildman–Crippen MR) is 82.1 cm³/mol. The zero-order chi connectivity index (χ0) is 14.4. The molecule has 0 aliphatic rings. The second-order valence-corrected chi connectivity index (χ2v) is 5.13. The van der Waals surface area contributed by atoms with Crippen LogP contribution in [0, 0.1) is 6.92 Å². The number of aryl methyl sites for hydroxylation is 1. The Morgan fingerprint density at radius 2 is 1.90 bits per heavy atom. The number of ether oxygens (including phenoxy) is 1. The molecule has 0 aliphatic carbocycles. The summed E-state index contributed by atoms with van der Waals surface area (Å²) in [6.45, 7) is 4.85. The molecule has 1 N–H and O–H groups in total. The van der Waals surface area contributed by atoms with E-state index >= 15 is 0 Å². The molecule has 2 aromatic carbocycles. The monoisotopic (exact) mass is 270 g/mol. The number of rotatable bonds is 6. The standard InChI is InChI=1S/C18H22O2/c1-3-10-20-17-9-5-8-16(13-17)18(19)12-15-7-4-6-14(2)11-15/h4-9,11,13,18-19H,3,10,12H2,1-2H3. The quantitative estimate of drug-likeness (QED) is 0.857. The van der Waals surface area contributed by atoms with Crippen LogP contribution in [0.1, 0.15) is 36.1 Å². The van der Waals surface area contributed by atoms with Gasteiger partial charge in [0.2, 0.25) is 0 Å². The summed E-state index contributed by atoms with van der Waals surface area (Å²) in [5.74, 6) is 0.827.